The first-order chi connectivity index (χ1) is 9.08. The number of pyridine rings is 1. The molecule has 20 heavy (non-hydrogen) atoms. The van der Waals surface area contributed by atoms with E-state index in [2.05, 4.69) is 83.5 Å². The molecule has 0 unspecified atom stereocenters. The van der Waals surface area contributed by atoms with Crippen molar-refractivity contribution < 1.29 is 9.05 Å². The molecule has 0 N–H and O–H groups in total. The van der Waals surface area contributed by atoms with Crippen LogP contribution in [-0.2, 0) is 7.05 Å². The van der Waals surface area contributed by atoms with Gasteiger partial charge in [-0.05, 0) is 12.5 Å². The molecule has 2 heterocycles. The van der Waals surface area contributed by atoms with Crippen molar-refractivity contribution in [3.8, 4) is 0 Å². The highest BCUT2D eigenvalue weighted by molar-refractivity contribution is 5.02. The van der Waals surface area contributed by atoms with Gasteiger partial charge in [0.05, 0.1) is 34.9 Å². The summed E-state index contributed by atoms with van der Waals surface area (Å²) >= 11 is 0. The van der Waals surface area contributed by atoms with Crippen LogP contribution in [0.3, 0.4) is 0 Å². The van der Waals surface area contributed by atoms with Gasteiger partial charge < -0.3 is 14.3 Å². The predicted octanol–water partition coefficient (Wildman–Crippen LogP) is 1.43. The quantitative estimate of drug-likeness (QED) is 0.526. The maximum atomic E-state index is 2.12. The second-order valence-corrected chi connectivity index (χ2v) is 6.68. The van der Waals surface area contributed by atoms with Crippen molar-refractivity contribution in [2.45, 2.75) is 6.92 Å². The van der Waals surface area contributed by atoms with Crippen LogP contribution in [-0.4, -0.2) is 63.2 Å². The van der Waals surface area contributed by atoms with Gasteiger partial charge in [-0.1, -0.05) is 0 Å². The minimum absolute atomic E-state index is 1.00. The van der Waals surface area contributed by atoms with Crippen LogP contribution in [0, 0.1) is 6.92 Å². The monoisotopic (exact) mass is 280 g/mol. The molecule has 0 amide bonds. The Kier molecular flexibility index (Phi) is 7.92. The molecule has 0 aliphatic carbocycles. The van der Waals surface area contributed by atoms with E-state index in [-0.39, 0.29) is 0 Å². The Morgan fingerprint density at radius 2 is 1.30 bits per heavy atom. The molecule has 1 aliphatic rings. The Morgan fingerprint density at radius 3 is 1.50 bits per heavy atom. The number of hydrogen-bond acceptors (Lipinski definition) is 2. The SMILES string of the molecule is CN1C=CN(C)C1.C[N+](C)(C)C.Cc1cc[n+](C)cc1. The minimum atomic E-state index is 1.00. The summed E-state index contributed by atoms with van der Waals surface area (Å²) in [6.07, 6.45) is 8.19. The Morgan fingerprint density at radius 1 is 0.950 bits per heavy atom. The highest BCUT2D eigenvalue weighted by Gasteiger charge is 1.99. The van der Waals surface area contributed by atoms with Crippen LogP contribution < -0.4 is 4.57 Å². The second kappa shape index (κ2) is 8.59. The molecule has 0 aromatic carbocycles. The summed E-state index contributed by atoms with van der Waals surface area (Å²) in [7, 11) is 14.6. The van der Waals surface area contributed by atoms with Gasteiger partial charge >= 0.3 is 0 Å². The zero-order valence-corrected chi connectivity index (χ0v) is 14.5. The first-order valence-electron chi connectivity index (χ1n) is 6.87. The van der Waals surface area contributed by atoms with Gasteiger partial charge in [0.15, 0.2) is 12.4 Å². The summed E-state index contributed by atoms with van der Waals surface area (Å²) in [4.78, 5) is 4.25. The van der Waals surface area contributed by atoms with Gasteiger partial charge in [-0.15, -0.1) is 0 Å². The van der Waals surface area contributed by atoms with Crippen molar-refractivity contribution >= 4 is 0 Å². The van der Waals surface area contributed by atoms with Crippen LogP contribution in [0.2, 0.25) is 0 Å². The number of quaternary nitrogens is 1. The Hall–Kier alpha value is -1.55. The lowest BCUT2D eigenvalue weighted by Gasteiger charge is -2.14. The van der Waals surface area contributed by atoms with E-state index < -0.39 is 0 Å². The Bertz CT molecular complexity index is 353. The van der Waals surface area contributed by atoms with E-state index in [0.29, 0.717) is 0 Å². The van der Waals surface area contributed by atoms with Crippen LogP contribution in [0.5, 0.6) is 0 Å². The molecule has 0 fully saturated rings. The van der Waals surface area contributed by atoms with Crippen LogP contribution >= 0.6 is 0 Å². The van der Waals surface area contributed by atoms with Gasteiger partial charge in [0.1, 0.15) is 7.05 Å². The summed E-state index contributed by atoms with van der Waals surface area (Å²) in [5, 5.41) is 0. The predicted molar refractivity (Wildman–Crippen MR) is 85.8 cm³/mol. The average molecular weight is 280 g/mol. The van der Waals surface area contributed by atoms with Crippen molar-refractivity contribution in [1.29, 1.82) is 0 Å². The largest absolute Gasteiger partial charge is 0.362 e. The third-order valence-corrected chi connectivity index (χ3v) is 2.17. The molecular weight excluding hydrogens is 248 g/mol. The minimum Gasteiger partial charge on any atom is -0.362 e. The van der Waals surface area contributed by atoms with Crippen LogP contribution in [0.1, 0.15) is 5.56 Å². The standard InChI is InChI=1S/C7H10N.C5H10N2.C4H12N/c1-7-3-5-8(2)6-4-7;1-6-3-4-7(2)5-6;1-5(2,3)4/h3-6H,1-2H3;3-4H,5H2,1-2H3;1-4H3/q+1;;+1. The van der Waals surface area contributed by atoms with Gasteiger partial charge in [-0.3, -0.25) is 0 Å². The van der Waals surface area contributed by atoms with Crippen molar-refractivity contribution in [1.82, 2.24) is 9.80 Å². The van der Waals surface area contributed by atoms with Gasteiger partial charge in [0.2, 0.25) is 0 Å². The zero-order chi connectivity index (χ0) is 15.8. The van der Waals surface area contributed by atoms with E-state index in [1.54, 1.807) is 0 Å². The van der Waals surface area contributed by atoms with E-state index in [1.165, 1.54) is 5.56 Å². The number of rotatable bonds is 0. The smallest absolute Gasteiger partial charge is 0.168 e. The Balaban J connectivity index is 0.000000280. The molecule has 0 radical (unpaired) electrons. The van der Waals surface area contributed by atoms with Crippen molar-refractivity contribution in [3.05, 3.63) is 42.5 Å². The topological polar surface area (TPSA) is 10.4 Å². The third-order valence-electron chi connectivity index (χ3n) is 2.17. The highest BCUT2D eigenvalue weighted by Crippen LogP contribution is 1.97. The first-order valence-corrected chi connectivity index (χ1v) is 6.87. The molecule has 1 aliphatic heterocycles. The molecule has 2 rings (SSSR count). The summed E-state index contributed by atoms with van der Waals surface area (Å²) in [5.41, 5.74) is 1.31. The van der Waals surface area contributed by atoms with E-state index in [0.717, 1.165) is 11.2 Å². The molecule has 4 nitrogen and oxygen atoms in total. The fraction of sp³-hybridized carbons (Fsp3) is 0.562. The molecule has 1 aromatic rings. The molecule has 0 saturated carbocycles. The average Bonchev–Trinajstić information content (AvgIpc) is 2.65. The van der Waals surface area contributed by atoms with Crippen molar-refractivity contribution in [2.24, 2.45) is 7.05 Å². The number of hydrogen-bond donors (Lipinski definition) is 0. The van der Waals surface area contributed by atoms with Crippen LogP contribution in [0.15, 0.2) is 36.9 Å². The van der Waals surface area contributed by atoms with E-state index in [4.69, 9.17) is 0 Å². The maximum absolute atomic E-state index is 2.12. The molecule has 0 bridgehead atoms. The van der Waals surface area contributed by atoms with Crippen LogP contribution in [0.25, 0.3) is 0 Å². The number of aromatic nitrogens is 1. The molecule has 0 atom stereocenters. The summed E-state index contributed by atoms with van der Waals surface area (Å²) in [6, 6.07) is 4.17. The highest BCUT2D eigenvalue weighted by atomic mass is 15.3. The third kappa shape index (κ3) is 12.9. The second-order valence-electron chi connectivity index (χ2n) is 6.68. The maximum Gasteiger partial charge on any atom is 0.168 e. The molecule has 0 saturated heterocycles. The summed E-state index contributed by atoms with van der Waals surface area (Å²) < 4.78 is 3.02. The summed E-state index contributed by atoms with van der Waals surface area (Å²) in [6.45, 7) is 3.11. The van der Waals surface area contributed by atoms with Crippen molar-refractivity contribution in [3.63, 3.8) is 0 Å². The number of aryl methyl sites for hydroxylation is 2. The van der Waals surface area contributed by atoms with Gasteiger partial charge in [0.25, 0.3) is 0 Å². The van der Waals surface area contributed by atoms with Crippen LogP contribution in [0.4, 0.5) is 0 Å². The molecule has 1 aromatic heterocycles. The van der Waals surface area contributed by atoms with Gasteiger partial charge in [-0.25, -0.2) is 4.57 Å². The van der Waals surface area contributed by atoms with E-state index >= 15 is 0 Å². The molecule has 4 heteroatoms. The number of nitrogens with zero attached hydrogens (tertiary/aromatic N) is 4. The first kappa shape index (κ1) is 18.4. The molecule has 0 spiro atoms. The fourth-order valence-corrected chi connectivity index (χ4v) is 1.25. The lowest BCUT2D eigenvalue weighted by molar-refractivity contribution is -0.849. The summed E-state index contributed by atoms with van der Waals surface area (Å²) in [5.74, 6) is 0. The molecule has 114 valence electrons. The van der Waals surface area contributed by atoms with E-state index in [1.807, 2.05) is 24.0 Å². The fourth-order valence-electron chi connectivity index (χ4n) is 1.25. The van der Waals surface area contributed by atoms with Gasteiger partial charge in [0, 0.05) is 38.6 Å². The Labute approximate surface area is 125 Å². The molecular formula is C16H32N4+2. The lowest BCUT2D eigenvalue weighted by Crippen LogP contribution is -2.27. The van der Waals surface area contributed by atoms with Crippen molar-refractivity contribution in [2.75, 3.05) is 49.0 Å². The van der Waals surface area contributed by atoms with E-state index in [9.17, 15) is 0 Å². The normalized spacial score (nSPS) is 13.4. The lowest BCUT2D eigenvalue weighted by atomic mass is 10.3. The van der Waals surface area contributed by atoms with Gasteiger partial charge in [-0.2, -0.15) is 0 Å². The zero-order valence-electron chi connectivity index (χ0n) is 14.5.